The Labute approximate surface area is 114 Å². The predicted molar refractivity (Wildman–Crippen MR) is 77.5 cm³/mol. The standard InChI is InChI=1S/C14H23N5/c1-9-8-19(7-6-18(9)3)14-10(2)12(15)16-13(17-14)11-4-5-11/h9,11H,4-8H2,1-3H3,(H2,15,16,17). The Morgan fingerprint density at radius 1 is 1.21 bits per heavy atom. The fourth-order valence-electron chi connectivity index (χ4n) is 2.61. The molecule has 2 N–H and O–H groups in total. The number of hydrogen-bond donors (Lipinski definition) is 1. The van der Waals surface area contributed by atoms with Crippen LogP contribution in [0, 0.1) is 6.92 Å². The summed E-state index contributed by atoms with van der Waals surface area (Å²) >= 11 is 0. The minimum absolute atomic E-state index is 0.548. The van der Waals surface area contributed by atoms with Crippen molar-refractivity contribution < 1.29 is 0 Å². The number of nitrogen functional groups attached to an aromatic ring is 1. The van der Waals surface area contributed by atoms with Crippen molar-refractivity contribution >= 4 is 11.6 Å². The van der Waals surface area contributed by atoms with Crippen molar-refractivity contribution in [3.05, 3.63) is 11.4 Å². The second-order valence-corrected chi connectivity index (χ2v) is 5.97. The van der Waals surface area contributed by atoms with Gasteiger partial charge in [0.15, 0.2) is 0 Å². The van der Waals surface area contributed by atoms with E-state index in [-0.39, 0.29) is 0 Å². The highest BCUT2D eigenvalue weighted by Crippen LogP contribution is 2.39. The topological polar surface area (TPSA) is 58.3 Å². The second-order valence-electron chi connectivity index (χ2n) is 5.97. The molecular formula is C14H23N5. The maximum absolute atomic E-state index is 6.07. The molecule has 2 heterocycles. The lowest BCUT2D eigenvalue weighted by Gasteiger charge is -2.39. The number of rotatable bonds is 2. The molecule has 0 bridgehead atoms. The average molecular weight is 261 g/mol. The Hall–Kier alpha value is -1.36. The van der Waals surface area contributed by atoms with Crippen LogP contribution < -0.4 is 10.6 Å². The molecule has 2 fully saturated rings. The maximum atomic E-state index is 6.07. The Morgan fingerprint density at radius 2 is 1.95 bits per heavy atom. The van der Waals surface area contributed by atoms with Gasteiger partial charge >= 0.3 is 0 Å². The molecule has 3 rings (SSSR count). The van der Waals surface area contributed by atoms with E-state index >= 15 is 0 Å². The molecule has 1 aliphatic carbocycles. The molecule has 1 atom stereocenters. The second kappa shape index (κ2) is 4.63. The molecule has 0 amide bonds. The zero-order valence-corrected chi connectivity index (χ0v) is 12.1. The number of hydrogen-bond acceptors (Lipinski definition) is 5. The fraction of sp³-hybridized carbons (Fsp3) is 0.714. The Morgan fingerprint density at radius 3 is 2.58 bits per heavy atom. The van der Waals surface area contributed by atoms with Crippen molar-refractivity contribution in [2.45, 2.75) is 38.6 Å². The van der Waals surface area contributed by atoms with E-state index in [1.165, 1.54) is 12.8 Å². The van der Waals surface area contributed by atoms with E-state index < -0.39 is 0 Å². The molecule has 104 valence electrons. The normalized spacial score (nSPS) is 24.8. The fourth-order valence-corrected chi connectivity index (χ4v) is 2.61. The van der Waals surface area contributed by atoms with Gasteiger partial charge in [-0.3, -0.25) is 0 Å². The predicted octanol–water partition coefficient (Wildman–Crippen LogP) is 1.38. The van der Waals surface area contributed by atoms with E-state index in [4.69, 9.17) is 10.7 Å². The highest BCUT2D eigenvalue weighted by molar-refractivity contribution is 5.57. The molecule has 0 spiro atoms. The first-order chi connectivity index (χ1) is 9.06. The van der Waals surface area contributed by atoms with Gasteiger partial charge in [0.1, 0.15) is 17.5 Å². The number of nitrogens with two attached hydrogens (primary N) is 1. The summed E-state index contributed by atoms with van der Waals surface area (Å²) in [5.41, 5.74) is 7.10. The molecule has 2 aliphatic rings. The Kier molecular flexibility index (Phi) is 3.09. The van der Waals surface area contributed by atoms with E-state index in [2.05, 4.69) is 28.8 Å². The summed E-state index contributed by atoms with van der Waals surface area (Å²) in [7, 11) is 2.18. The molecule has 1 aliphatic heterocycles. The van der Waals surface area contributed by atoms with E-state index in [0.29, 0.717) is 17.8 Å². The van der Waals surface area contributed by atoms with Gasteiger partial charge in [-0.25, -0.2) is 9.97 Å². The number of piperazine rings is 1. The lowest BCUT2D eigenvalue weighted by molar-refractivity contribution is 0.233. The first-order valence-electron chi connectivity index (χ1n) is 7.15. The van der Waals surface area contributed by atoms with Crippen molar-refractivity contribution in [2.24, 2.45) is 0 Å². The number of anilines is 2. The van der Waals surface area contributed by atoms with Gasteiger partial charge < -0.3 is 15.5 Å². The molecule has 0 aromatic carbocycles. The smallest absolute Gasteiger partial charge is 0.137 e. The maximum Gasteiger partial charge on any atom is 0.137 e. The lowest BCUT2D eigenvalue weighted by Crippen LogP contribution is -2.50. The Balaban J connectivity index is 1.90. The third-order valence-corrected chi connectivity index (χ3v) is 4.38. The van der Waals surface area contributed by atoms with E-state index in [0.717, 1.165) is 36.8 Å². The summed E-state index contributed by atoms with van der Waals surface area (Å²) in [6.07, 6.45) is 2.42. The SMILES string of the molecule is Cc1c(N)nc(C2CC2)nc1N1CCN(C)C(C)C1. The zero-order chi connectivity index (χ0) is 13.6. The zero-order valence-electron chi connectivity index (χ0n) is 12.1. The molecule has 0 radical (unpaired) electrons. The highest BCUT2D eigenvalue weighted by atomic mass is 15.3. The summed E-state index contributed by atoms with van der Waals surface area (Å²) < 4.78 is 0. The van der Waals surface area contributed by atoms with Crippen LogP contribution in [0.1, 0.15) is 37.1 Å². The van der Waals surface area contributed by atoms with Gasteiger partial charge in [0.2, 0.25) is 0 Å². The molecule has 5 heteroatoms. The first-order valence-corrected chi connectivity index (χ1v) is 7.15. The molecule has 1 saturated heterocycles. The molecule has 5 nitrogen and oxygen atoms in total. The van der Waals surface area contributed by atoms with E-state index in [1.54, 1.807) is 0 Å². The summed E-state index contributed by atoms with van der Waals surface area (Å²) in [4.78, 5) is 14.0. The third kappa shape index (κ3) is 2.39. The van der Waals surface area contributed by atoms with Crippen molar-refractivity contribution in [1.82, 2.24) is 14.9 Å². The van der Waals surface area contributed by atoms with Crippen LogP contribution in [0.5, 0.6) is 0 Å². The third-order valence-electron chi connectivity index (χ3n) is 4.38. The minimum atomic E-state index is 0.548. The summed E-state index contributed by atoms with van der Waals surface area (Å²) in [6.45, 7) is 7.39. The van der Waals surface area contributed by atoms with Crippen LogP contribution in [0.3, 0.4) is 0 Å². The highest BCUT2D eigenvalue weighted by Gasteiger charge is 2.30. The first kappa shape index (κ1) is 12.7. The molecule has 1 aromatic heterocycles. The monoisotopic (exact) mass is 261 g/mol. The van der Waals surface area contributed by atoms with Gasteiger partial charge in [-0.05, 0) is 33.7 Å². The van der Waals surface area contributed by atoms with Gasteiger partial charge in [-0.1, -0.05) is 0 Å². The van der Waals surface area contributed by atoms with Gasteiger partial charge in [-0.15, -0.1) is 0 Å². The van der Waals surface area contributed by atoms with Crippen molar-refractivity contribution in [2.75, 3.05) is 37.3 Å². The number of likely N-dealkylation sites (N-methyl/N-ethyl adjacent to an activating group) is 1. The van der Waals surface area contributed by atoms with Crippen LogP contribution in [-0.2, 0) is 0 Å². The summed E-state index contributed by atoms with van der Waals surface area (Å²) in [6, 6.07) is 0.550. The van der Waals surface area contributed by atoms with Gasteiger partial charge in [-0.2, -0.15) is 0 Å². The molecule has 1 aromatic rings. The van der Waals surface area contributed by atoms with Crippen molar-refractivity contribution in [3.8, 4) is 0 Å². The van der Waals surface area contributed by atoms with Crippen LogP contribution in [-0.4, -0.2) is 47.6 Å². The quantitative estimate of drug-likeness (QED) is 0.871. The van der Waals surface area contributed by atoms with Crippen LogP contribution in [0.15, 0.2) is 0 Å². The number of nitrogens with zero attached hydrogens (tertiary/aromatic N) is 4. The van der Waals surface area contributed by atoms with Crippen LogP contribution >= 0.6 is 0 Å². The lowest BCUT2D eigenvalue weighted by atomic mass is 10.2. The molecule has 1 saturated carbocycles. The van der Waals surface area contributed by atoms with Crippen LogP contribution in [0.25, 0.3) is 0 Å². The molecule has 19 heavy (non-hydrogen) atoms. The number of aromatic nitrogens is 2. The summed E-state index contributed by atoms with van der Waals surface area (Å²) in [5.74, 6) is 3.20. The average Bonchev–Trinajstić information content (AvgIpc) is 3.20. The van der Waals surface area contributed by atoms with Gasteiger partial charge in [0.05, 0.1) is 0 Å². The van der Waals surface area contributed by atoms with Crippen LogP contribution in [0.2, 0.25) is 0 Å². The van der Waals surface area contributed by atoms with E-state index in [9.17, 15) is 0 Å². The van der Waals surface area contributed by atoms with Gasteiger partial charge in [0.25, 0.3) is 0 Å². The van der Waals surface area contributed by atoms with Crippen LogP contribution in [0.4, 0.5) is 11.6 Å². The van der Waals surface area contributed by atoms with Crippen molar-refractivity contribution in [1.29, 1.82) is 0 Å². The minimum Gasteiger partial charge on any atom is -0.383 e. The molecular weight excluding hydrogens is 238 g/mol. The Bertz CT molecular complexity index is 483. The largest absolute Gasteiger partial charge is 0.383 e. The molecule has 1 unspecified atom stereocenters. The van der Waals surface area contributed by atoms with Crippen molar-refractivity contribution in [3.63, 3.8) is 0 Å². The summed E-state index contributed by atoms with van der Waals surface area (Å²) in [5, 5.41) is 0. The van der Waals surface area contributed by atoms with E-state index in [1.807, 2.05) is 6.92 Å². The van der Waals surface area contributed by atoms with Gasteiger partial charge in [0, 0.05) is 37.2 Å².